The van der Waals surface area contributed by atoms with E-state index in [1.165, 1.54) is 16.8 Å². The van der Waals surface area contributed by atoms with Crippen LogP contribution < -0.4 is 15.4 Å². The minimum absolute atomic E-state index is 0.0465. The zero-order valence-electron chi connectivity index (χ0n) is 18.6. The molecule has 1 fully saturated rings. The molecule has 0 aliphatic heterocycles. The van der Waals surface area contributed by atoms with Crippen molar-refractivity contribution in [1.29, 1.82) is 0 Å². The van der Waals surface area contributed by atoms with E-state index in [1.807, 2.05) is 6.07 Å². The van der Waals surface area contributed by atoms with Gasteiger partial charge in [0.1, 0.15) is 6.54 Å². The van der Waals surface area contributed by atoms with Gasteiger partial charge in [-0.05, 0) is 54.8 Å². The van der Waals surface area contributed by atoms with Crippen molar-refractivity contribution in [1.82, 2.24) is 19.8 Å². The first-order chi connectivity index (χ1) is 16.4. The minimum atomic E-state index is -3.68. The highest BCUT2D eigenvalue weighted by molar-refractivity contribution is 7.89. The quantitative estimate of drug-likeness (QED) is 0.434. The molecule has 0 spiro atoms. The summed E-state index contributed by atoms with van der Waals surface area (Å²) in [6, 6.07) is 14.9. The van der Waals surface area contributed by atoms with Crippen LogP contribution in [-0.2, 0) is 27.9 Å². The van der Waals surface area contributed by atoms with Gasteiger partial charge in [0, 0.05) is 36.2 Å². The first kappa shape index (κ1) is 23.7. The number of nitrogens with zero attached hydrogens (tertiary/aromatic N) is 2. The molecule has 1 aliphatic carbocycles. The predicted octanol–water partition coefficient (Wildman–Crippen LogP) is 2.67. The third-order valence-corrected chi connectivity index (χ3v) is 7.13. The van der Waals surface area contributed by atoms with Gasteiger partial charge in [-0.2, -0.15) is 5.10 Å². The minimum Gasteiger partial charge on any atom is -0.348 e. The van der Waals surface area contributed by atoms with Crippen LogP contribution in [0.4, 0.5) is 5.69 Å². The number of hydrogen-bond donors (Lipinski definition) is 3. The van der Waals surface area contributed by atoms with E-state index in [1.54, 1.807) is 48.8 Å². The molecule has 0 bridgehead atoms. The van der Waals surface area contributed by atoms with Gasteiger partial charge in [-0.25, -0.2) is 13.1 Å². The Morgan fingerprint density at radius 2 is 1.82 bits per heavy atom. The highest BCUT2D eigenvalue weighted by atomic mass is 32.2. The number of carbonyl (C=O) groups excluding carboxylic acids is 2. The lowest BCUT2D eigenvalue weighted by Crippen LogP contribution is -2.32. The number of aromatic nitrogens is 2. The van der Waals surface area contributed by atoms with Gasteiger partial charge in [0.15, 0.2) is 0 Å². The summed E-state index contributed by atoms with van der Waals surface area (Å²) in [5.41, 5.74) is 1.66. The van der Waals surface area contributed by atoms with Gasteiger partial charge < -0.3 is 10.6 Å². The molecule has 1 aromatic heterocycles. The molecule has 0 radical (unpaired) electrons. The van der Waals surface area contributed by atoms with Crippen molar-refractivity contribution in [3.63, 3.8) is 0 Å². The monoisotopic (exact) mass is 481 g/mol. The number of amides is 2. The second-order valence-corrected chi connectivity index (χ2v) is 9.98. The van der Waals surface area contributed by atoms with Gasteiger partial charge in [0.05, 0.1) is 4.90 Å². The average Bonchev–Trinajstić information content (AvgIpc) is 3.52. The molecular formula is C24H27N5O4S. The molecule has 178 valence electrons. The van der Waals surface area contributed by atoms with Gasteiger partial charge in [0.25, 0.3) is 5.91 Å². The van der Waals surface area contributed by atoms with Crippen molar-refractivity contribution in [3.05, 3.63) is 78.1 Å². The normalized spacial score (nSPS) is 14.1. The predicted molar refractivity (Wildman–Crippen MR) is 127 cm³/mol. The Morgan fingerprint density at radius 3 is 2.59 bits per heavy atom. The molecule has 9 nitrogen and oxygen atoms in total. The van der Waals surface area contributed by atoms with Crippen molar-refractivity contribution >= 4 is 27.5 Å². The molecule has 34 heavy (non-hydrogen) atoms. The molecule has 3 N–H and O–H groups in total. The first-order valence-corrected chi connectivity index (χ1v) is 12.6. The number of rotatable bonds is 9. The summed E-state index contributed by atoms with van der Waals surface area (Å²) in [5, 5.41) is 9.62. The van der Waals surface area contributed by atoms with Crippen LogP contribution in [0, 0.1) is 0 Å². The lowest BCUT2D eigenvalue weighted by molar-refractivity contribution is -0.116. The number of nitrogens with one attached hydrogen (secondary N) is 3. The molecule has 1 saturated carbocycles. The van der Waals surface area contributed by atoms with Gasteiger partial charge in [-0.1, -0.05) is 31.0 Å². The fourth-order valence-electron chi connectivity index (χ4n) is 3.92. The average molecular weight is 482 g/mol. The van der Waals surface area contributed by atoms with E-state index in [2.05, 4.69) is 20.5 Å². The Balaban J connectivity index is 1.35. The molecule has 0 saturated heterocycles. The third kappa shape index (κ3) is 6.30. The maximum Gasteiger partial charge on any atom is 0.251 e. The molecule has 0 unspecified atom stereocenters. The maximum absolute atomic E-state index is 12.7. The molecule has 0 atom stereocenters. The summed E-state index contributed by atoms with van der Waals surface area (Å²) in [5.74, 6) is -0.597. The van der Waals surface area contributed by atoms with Crippen LogP contribution >= 0.6 is 0 Å². The first-order valence-electron chi connectivity index (χ1n) is 11.2. The second kappa shape index (κ2) is 10.6. The fraction of sp³-hybridized carbons (Fsp3) is 0.292. The number of sulfonamides is 1. The lowest BCUT2D eigenvalue weighted by atomic mass is 10.1. The third-order valence-electron chi connectivity index (χ3n) is 5.61. The van der Waals surface area contributed by atoms with Crippen LogP contribution in [0.1, 0.15) is 41.6 Å². The summed E-state index contributed by atoms with van der Waals surface area (Å²) in [4.78, 5) is 24.9. The summed E-state index contributed by atoms with van der Waals surface area (Å²) in [7, 11) is -3.68. The number of hydrogen-bond acceptors (Lipinski definition) is 5. The largest absolute Gasteiger partial charge is 0.348 e. The zero-order chi connectivity index (χ0) is 24.0. The van der Waals surface area contributed by atoms with Crippen LogP contribution in [0.25, 0.3) is 0 Å². The van der Waals surface area contributed by atoms with E-state index in [4.69, 9.17) is 0 Å². The van der Waals surface area contributed by atoms with E-state index in [-0.39, 0.29) is 41.4 Å². The van der Waals surface area contributed by atoms with Gasteiger partial charge in [0.2, 0.25) is 15.9 Å². The van der Waals surface area contributed by atoms with Crippen molar-refractivity contribution in [3.8, 4) is 0 Å². The van der Waals surface area contributed by atoms with E-state index in [0.717, 1.165) is 31.2 Å². The van der Waals surface area contributed by atoms with E-state index in [0.29, 0.717) is 5.69 Å². The van der Waals surface area contributed by atoms with Crippen LogP contribution in [0.2, 0.25) is 0 Å². The molecule has 4 rings (SSSR count). The molecule has 1 aliphatic rings. The molecule has 2 amide bonds. The summed E-state index contributed by atoms with van der Waals surface area (Å²) in [6.45, 7) is 0.321. The van der Waals surface area contributed by atoms with Gasteiger partial charge in [-0.15, -0.1) is 0 Å². The number of carbonyl (C=O) groups is 2. The smallest absolute Gasteiger partial charge is 0.251 e. The summed E-state index contributed by atoms with van der Waals surface area (Å²) in [6.07, 6.45) is 7.02. The molecular weight excluding hydrogens is 454 g/mol. The number of anilines is 1. The zero-order valence-corrected chi connectivity index (χ0v) is 19.4. The standard InChI is InChI=1S/C24H27N5O4S/c30-23(17-29-13-5-12-26-29)27-21-10-3-6-18(14-21)16-25-24(31)19-7-4-11-22(15-19)34(32,33)28-20-8-1-2-9-20/h3-7,10-15,20,28H,1-2,8-9,16-17H2,(H,25,31)(H,27,30). The van der Waals surface area contributed by atoms with Gasteiger partial charge in [-0.3, -0.25) is 14.3 Å². The van der Waals surface area contributed by atoms with Crippen LogP contribution in [0.5, 0.6) is 0 Å². The maximum atomic E-state index is 12.7. The van der Waals surface area contributed by atoms with Crippen LogP contribution in [0.15, 0.2) is 71.9 Å². The highest BCUT2D eigenvalue weighted by Gasteiger charge is 2.23. The SMILES string of the molecule is O=C(Cn1cccn1)Nc1cccc(CNC(=O)c2cccc(S(=O)(=O)NC3CCCC3)c2)c1. The van der Waals surface area contributed by atoms with Crippen LogP contribution in [-0.4, -0.2) is 36.1 Å². The van der Waals surface area contributed by atoms with Crippen LogP contribution in [0.3, 0.4) is 0 Å². The van der Waals surface area contributed by atoms with Crippen molar-refractivity contribution in [2.24, 2.45) is 0 Å². The van der Waals surface area contributed by atoms with Crippen molar-refractivity contribution in [2.75, 3.05) is 5.32 Å². The molecule has 2 aromatic carbocycles. The topological polar surface area (TPSA) is 122 Å². The van der Waals surface area contributed by atoms with E-state index < -0.39 is 10.0 Å². The Hall–Kier alpha value is -3.50. The Labute approximate surface area is 198 Å². The number of benzene rings is 2. The molecule has 10 heteroatoms. The van der Waals surface area contributed by atoms with E-state index in [9.17, 15) is 18.0 Å². The summed E-state index contributed by atoms with van der Waals surface area (Å²) < 4.78 is 29.6. The Bertz CT molecular complexity index is 1250. The van der Waals surface area contributed by atoms with Crippen molar-refractivity contribution in [2.45, 2.75) is 49.7 Å². The van der Waals surface area contributed by atoms with Crippen molar-refractivity contribution < 1.29 is 18.0 Å². The summed E-state index contributed by atoms with van der Waals surface area (Å²) >= 11 is 0. The Morgan fingerprint density at radius 1 is 1.03 bits per heavy atom. The lowest BCUT2D eigenvalue weighted by Gasteiger charge is -2.13. The highest BCUT2D eigenvalue weighted by Crippen LogP contribution is 2.21. The fourth-order valence-corrected chi connectivity index (χ4v) is 5.27. The Kier molecular flexibility index (Phi) is 7.39. The second-order valence-electron chi connectivity index (χ2n) is 8.27. The molecule has 1 heterocycles. The molecule has 3 aromatic rings. The van der Waals surface area contributed by atoms with E-state index >= 15 is 0 Å². The van der Waals surface area contributed by atoms with Gasteiger partial charge >= 0.3 is 0 Å².